The highest BCUT2D eigenvalue weighted by atomic mass is 19.4. The number of hydrogen-bond acceptors (Lipinski definition) is 5. The zero-order valence-corrected chi connectivity index (χ0v) is 14.7. The molecule has 2 aromatic carbocycles. The Morgan fingerprint density at radius 1 is 1.17 bits per heavy atom. The monoisotopic (exact) mass is 407 g/mol. The number of carbonyl (C=O) groups excluding carboxylic acids is 2. The maximum atomic E-state index is 12.9. The number of ether oxygens (including phenoxy) is 1. The van der Waals surface area contributed by atoms with Gasteiger partial charge in [-0.25, -0.2) is 5.01 Å². The van der Waals surface area contributed by atoms with Crippen molar-refractivity contribution in [3.05, 3.63) is 69.3 Å². The first-order valence-corrected chi connectivity index (χ1v) is 7.98. The van der Waals surface area contributed by atoms with Gasteiger partial charge in [0, 0.05) is 6.07 Å². The summed E-state index contributed by atoms with van der Waals surface area (Å²) in [5, 5.41) is 11.8. The van der Waals surface area contributed by atoms with E-state index in [2.05, 4.69) is 5.43 Å². The van der Waals surface area contributed by atoms with Crippen molar-refractivity contribution in [1.82, 2.24) is 5.43 Å². The highest BCUT2D eigenvalue weighted by molar-refractivity contribution is 6.31. The standard InChI is InChI=1S/C18H12F3N3O5/c1-29-15-6-5-10(8-14(15)24(27)28)7-13-16(25)22-23(17(13)26)12-4-2-3-11(9-12)18(19,20)21/h2-9H,1H3,(H,22,25)/b13-7-. The highest BCUT2D eigenvalue weighted by Crippen LogP contribution is 2.33. The van der Waals surface area contributed by atoms with Gasteiger partial charge in [-0.3, -0.25) is 25.1 Å². The van der Waals surface area contributed by atoms with Gasteiger partial charge in [-0.05, 0) is 35.9 Å². The lowest BCUT2D eigenvalue weighted by Crippen LogP contribution is -2.35. The number of methoxy groups -OCH3 is 1. The minimum absolute atomic E-state index is 0.00931. The van der Waals surface area contributed by atoms with Gasteiger partial charge in [0.05, 0.1) is 23.3 Å². The Bertz CT molecular complexity index is 1050. The van der Waals surface area contributed by atoms with Gasteiger partial charge in [0.1, 0.15) is 5.57 Å². The van der Waals surface area contributed by atoms with Crippen molar-refractivity contribution in [2.45, 2.75) is 6.18 Å². The van der Waals surface area contributed by atoms with Gasteiger partial charge >= 0.3 is 11.9 Å². The highest BCUT2D eigenvalue weighted by Gasteiger charge is 2.36. The van der Waals surface area contributed by atoms with Gasteiger partial charge < -0.3 is 4.74 Å². The van der Waals surface area contributed by atoms with Gasteiger partial charge in [0.15, 0.2) is 5.75 Å². The summed E-state index contributed by atoms with van der Waals surface area (Å²) in [6.45, 7) is 0. The molecule has 0 bridgehead atoms. The minimum atomic E-state index is -4.62. The second-order valence-corrected chi connectivity index (χ2v) is 5.88. The van der Waals surface area contributed by atoms with Gasteiger partial charge in [-0.15, -0.1) is 0 Å². The van der Waals surface area contributed by atoms with Crippen LogP contribution in [0.1, 0.15) is 11.1 Å². The molecule has 1 saturated heterocycles. The van der Waals surface area contributed by atoms with Crippen LogP contribution in [0.15, 0.2) is 48.0 Å². The van der Waals surface area contributed by atoms with Crippen molar-refractivity contribution in [3.8, 4) is 5.75 Å². The molecular weight excluding hydrogens is 395 g/mol. The smallest absolute Gasteiger partial charge is 0.416 e. The van der Waals surface area contributed by atoms with Crippen LogP contribution in [0.25, 0.3) is 6.08 Å². The molecule has 1 N–H and O–H groups in total. The minimum Gasteiger partial charge on any atom is -0.490 e. The van der Waals surface area contributed by atoms with Gasteiger partial charge in [0.25, 0.3) is 11.8 Å². The number of alkyl halides is 3. The van der Waals surface area contributed by atoms with Gasteiger partial charge in [-0.1, -0.05) is 12.1 Å². The summed E-state index contributed by atoms with van der Waals surface area (Å²) in [5.74, 6) is -1.76. The topological polar surface area (TPSA) is 102 Å². The van der Waals surface area contributed by atoms with Crippen molar-refractivity contribution in [2.24, 2.45) is 0 Å². The lowest BCUT2D eigenvalue weighted by molar-refractivity contribution is -0.385. The van der Waals surface area contributed by atoms with Gasteiger partial charge in [-0.2, -0.15) is 13.2 Å². The molecule has 8 nitrogen and oxygen atoms in total. The molecule has 2 amide bonds. The number of hydrogen-bond donors (Lipinski definition) is 1. The number of nitrogens with one attached hydrogen (secondary N) is 1. The normalized spacial score (nSPS) is 15.6. The lowest BCUT2D eigenvalue weighted by atomic mass is 10.1. The summed E-state index contributed by atoms with van der Waals surface area (Å²) in [4.78, 5) is 35.2. The predicted molar refractivity (Wildman–Crippen MR) is 94.7 cm³/mol. The molecule has 0 aromatic heterocycles. The number of anilines is 1. The van der Waals surface area contributed by atoms with Crippen molar-refractivity contribution in [2.75, 3.05) is 12.1 Å². The summed E-state index contributed by atoms with van der Waals surface area (Å²) >= 11 is 0. The third kappa shape index (κ3) is 3.88. The fraction of sp³-hybridized carbons (Fsp3) is 0.111. The van der Waals surface area contributed by atoms with Crippen LogP contribution < -0.4 is 15.2 Å². The van der Waals surface area contributed by atoms with E-state index in [1.807, 2.05) is 0 Å². The summed E-state index contributed by atoms with van der Waals surface area (Å²) in [7, 11) is 1.25. The van der Waals surface area contributed by atoms with Crippen LogP contribution >= 0.6 is 0 Å². The average Bonchev–Trinajstić information content (AvgIpc) is 2.95. The molecule has 0 aliphatic carbocycles. The molecule has 1 fully saturated rings. The van der Waals surface area contributed by atoms with E-state index in [0.717, 1.165) is 30.3 Å². The first-order chi connectivity index (χ1) is 13.6. The van der Waals surface area contributed by atoms with Crippen LogP contribution in [-0.2, 0) is 15.8 Å². The maximum absolute atomic E-state index is 12.9. The van der Waals surface area contributed by atoms with E-state index in [-0.39, 0.29) is 28.3 Å². The van der Waals surface area contributed by atoms with Crippen LogP contribution in [0.2, 0.25) is 0 Å². The van der Waals surface area contributed by atoms with Crippen molar-refractivity contribution < 1.29 is 32.4 Å². The molecule has 1 heterocycles. The molecule has 0 atom stereocenters. The SMILES string of the molecule is COc1ccc(/C=C2/C(=O)NN(c3cccc(C(F)(F)F)c3)C2=O)cc1[N+](=O)[O-]. The second kappa shape index (κ2) is 7.26. The van der Waals surface area contributed by atoms with Crippen molar-refractivity contribution >= 4 is 29.3 Å². The number of benzene rings is 2. The number of nitro groups is 1. The third-order valence-corrected chi connectivity index (χ3v) is 4.03. The predicted octanol–water partition coefficient (Wildman–Crippen LogP) is 3.08. The first kappa shape index (κ1) is 19.9. The van der Waals surface area contributed by atoms with E-state index in [9.17, 15) is 32.9 Å². The number of nitrogens with zero attached hydrogens (tertiary/aromatic N) is 2. The van der Waals surface area contributed by atoms with E-state index in [1.54, 1.807) is 0 Å². The third-order valence-electron chi connectivity index (χ3n) is 4.03. The molecule has 3 rings (SSSR count). The van der Waals surface area contributed by atoms with Gasteiger partial charge in [0.2, 0.25) is 0 Å². The molecular formula is C18H12F3N3O5. The zero-order valence-electron chi connectivity index (χ0n) is 14.7. The van der Waals surface area contributed by atoms with Crippen molar-refractivity contribution in [3.63, 3.8) is 0 Å². The molecule has 29 heavy (non-hydrogen) atoms. The first-order valence-electron chi connectivity index (χ1n) is 7.98. The Morgan fingerprint density at radius 2 is 1.90 bits per heavy atom. The number of halogens is 3. The summed E-state index contributed by atoms with van der Waals surface area (Å²) in [5.41, 5.74) is 0.424. The molecule has 150 valence electrons. The molecule has 0 unspecified atom stereocenters. The summed E-state index contributed by atoms with van der Waals surface area (Å²) in [6.07, 6.45) is -3.51. The Balaban J connectivity index is 1.96. The van der Waals surface area contributed by atoms with E-state index < -0.39 is 28.5 Å². The van der Waals surface area contributed by atoms with E-state index >= 15 is 0 Å². The van der Waals surface area contributed by atoms with Crippen LogP contribution in [0.4, 0.5) is 24.5 Å². The van der Waals surface area contributed by atoms with E-state index in [1.165, 1.54) is 25.3 Å². The number of carbonyl (C=O) groups is 2. The zero-order chi connectivity index (χ0) is 21.3. The molecule has 0 radical (unpaired) electrons. The largest absolute Gasteiger partial charge is 0.490 e. The van der Waals surface area contributed by atoms with Crippen LogP contribution in [0.5, 0.6) is 5.75 Å². The molecule has 0 spiro atoms. The Labute approximate surface area is 161 Å². The summed E-state index contributed by atoms with van der Waals surface area (Å²) in [6, 6.07) is 7.69. The molecule has 11 heteroatoms. The molecule has 1 aliphatic rings. The number of amides is 2. The molecule has 0 saturated carbocycles. The average molecular weight is 407 g/mol. The molecule has 1 aliphatic heterocycles. The van der Waals surface area contributed by atoms with Crippen LogP contribution in [-0.4, -0.2) is 23.8 Å². The van der Waals surface area contributed by atoms with Crippen LogP contribution in [0.3, 0.4) is 0 Å². The molecule has 2 aromatic rings. The summed E-state index contributed by atoms with van der Waals surface area (Å²) < 4.78 is 43.5. The Kier molecular flexibility index (Phi) is 4.97. The Hall–Kier alpha value is -3.89. The second-order valence-electron chi connectivity index (χ2n) is 5.88. The fourth-order valence-corrected chi connectivity index (χ4v) is 2.67. The fourth-order valence-electron chi connectivity index (χ4n) is 2.67. The number of nitro benzene ring substituents is 1. The maximum Gasteiger partial charge on any atom is 0.416 e. The quantitative estimate of drug-likeness (QED) is 0.363. The Morgan fingerprint density at radius 3 is 2.52 bits per heavy atom. The van der Waals surface area contributed by atoms with Crippen LogP contribution in [0, 0.1) is 10.1 Å². The van der Waals surface area contributed by atoms with E-state index in [4.69, 9.17) is 4.74 Å². The lowest BCUT2D eigenvalue weighted by Gasteiger charge is -2.16. The van der Waals surface area contributed by atoms with Crippen molar-refractivity contribution in [1.29, 1.82) is 0 Å². The van der Waals surface area contributed by atoms with E-state index in [0.29, 0.717) is 5.01 Å². The number of hydrazine groups is 1. The number of rotatable bonds is 4.